The van der Waals surface area contributed by atoms with Crippen LogP contribution in [0.5, 0.6) is 0 Å². The van der Waals surface area contributed by atoms with Crippen molar-refractivity contribution in [1.82, 2.24) is 5.32 Å². The summed E-state index contributed by atoms with van der Waals surface area (Å²) in [6, 6.07) is 15.0. The molecule has 2 aromatic rings. The highest BCUT2D eigenvalue weighted by Crippen LogP contribution is 2.52. The van der Waals surface area contributed by atoms with Gasteiger partial charge in [0.15, 0.2) is 0 Å². The Morgan fingerprint density at radius 3 is 2.65 bits per heavy atom. The molecule has 2 N–H and O–H groups in total. The molecule has 4 heteroatoms. The molecule has 138 valence electrons. The number of para-hydroxylation sites is 1. The Morgan fingerprint density at radius 1 is 1.15 bits per heavy atom. The summed E-state index contributed by atoms with van der Waals surface area (Å²) < 4.78 is 13.9. The largest absolute Gasteiger partial charge is 0.389 e. The van der Waals surface area contributed by atoms with E-state index in [0.29, 0.717) is 6.54 Å². The smallest absolute Gasteiger partial charge is 0.123 e. The van der Waals surface area contributed by atoms with Gasteiger partial charge in [0, 0.05) is 24.2 Å². The van der Waals surface area contributed by atoms with Gasteiger partial charge in [-0.3, -0.25) is 0 Å². The molecular formula is C22H27FN2O. The van der Waals surface area contributed by atoms with Crippen LogP contribution in [0.3, 0.4) is 0 Å². The number of rotatable bonds is 5. The lowest BCUT2D eigenvalue weighted by atomic mass is 9.81. The van der Waals surface area contributed by atoms with E-state index in [2.05, 4.69) is 34.5 Å². The van der Waals surface area contributed by atoms with Crippen molar-refractivity contribution in [3.63, 3.8) is 0 Å². The molecule has 1 aliphatic heterocycles. The first kappa shape index (κ1) is 17.5. The molecule has 2 aliphatic rings. The predicted octanol–water partition coefficient (Wildman–Crippen LogP) is 3.78. The van der Waals surface area contributed by atoms with Gasteiger partial charge in [0.05, 0.1) is 12.1 Å². The number of aliphatic hydroxyl groups excluding tert-OH is 1. The molecule has 0 aromatic heterocycles. The standard InChI is InChI=1S/C22H27FN2O/c1-24-14-20(26)21(16-7-6-8-17(23)13-16)25-15-22(11-4-5-12-22)18-9-2-3-10-19(18)25/h2-3,6-10,13,20-21,24,26H,4-5,11-12,14-15H2,1H3/t20-,21+/m1/s1. The van der Waals surface area contributed by atoms with Crippen LogP contribution in [0.4, 0.5) is 10.1 Å². The number of benzene rings is 2. The third kappa shape index (κ3) is 2.91. The maximum atomic E-state index is 13.9. The number of hydrogen-bond acceptors (Lipinski definition) is 3. The Bertz CT molecular complexity index is 772. The van der Waals surface area contributed by atoms with Crippen LogP contribution in [0.1, 0.15) is 42.9 Å². The van der Waals surface area contributed by atoms with Gasteiger partial charge in [-0.15, -0.1) is 0 Å². The number of fused-ring (bicyclic) bond motifs is 2. The summed E-state index contributed by atoms with van der Waals surface area (Å²) in [5.41, 5.74) is 3.61. The average Bonchev–Trinajstić information content (AvgIpc) is 3.23. The minimum atomic E-state index is -0.619. The number of nitrogens with one attached hydrogen (secondary N) is 1. The van der Waals surface area contributed by atoms with E-state index in [1.54, 1.807) is 12.1 Å². The number of hydrogen-bond donors (Lipinski definition) is 2. The van der Waals surface area contributed by atoms with Gasteiger partial charge >= 0.3 is 0 Å². The van der Waals surface area contributed by atoms with Gasteiger partial charge in [-0.2, -0.15) is 0 Å². The first-order valence-electron chi connectivity index (χ1n) is 9.59. The third-order valence-corrected chi connectivity index (χ3v) is 6.12. The molecule has 1 saturated carbocycles. The van der Waals surface area contributed by atoms with E-state index in [4.69, 9.17) is 0 Å². The van der Waals surface area contributed by atoms with Crippen LogP contribution in [0, 0.1) is 5.82 Å². The lowest BCUT2D eigenvalue weighted by Gasteiger charge is -2.36. The van der Waals surface area contributed by atoms with Gasteiger partial charge in [0.1, 0.15) is 5.82 Å². The van der Waals surface area contributed by atoms with E-state index in [1.165, 1.54) is 43.0 Å². The Hall–Kier alpha value is -1.91. The van der Waals surface area contributed by atoms with Crippen molar-refractivity contribution in [2.24, 2.45) is 0 Å². The van der Waals surface area contributed by atoms with Gasteiger partial charge in [-0.25, -0.2) is 4.39 Å². The van der Waals surface area contributed by atoms with Crippen LogP contribution in [-0.2, 0) is 5.41 Å². The van der Waals surface area contributed by atoms with Crippen molar-refractivity contribution in [3.05, 3.63) is 65.5 Å². The summed E-state index contributed by atoms with van der Waals surface area (Å²) in [5, 5.41) is 14.0. The van der Waals surface area contributed by atoms with Gasteiger partial charge in [-0.05, 0) is 49.2 Å². The minimum Gasteiger partial charge on any atom is -0.389 e. The lowest BCUT2D eigenvalue weighted by Crippen LogP contribution is -2.42. The van der Waals surface area contributed by atoms with E-state index < -0.39 is 6.10 Å². The maximum Gasteiger partial charge on any atom is 0.123 e. The van der Waals surface area contributed by atoms with Crippen molar-refractivity contribution in [3.8, 4) is 0 Å². The van der Waals surface area contributed by atoms with Gasteiger partial charge < -0.3 is 15.3 Å². The first-order valence-corrected chi connectivity index (χ1v) is 9.59. The maximum absolute atomic E-state index is 13.9. The second kappa shape index (κ2) is 7.01. The van der Waals surface area contributed by atoms with E-state index in [1.807, 2.05) is 13.1 Å². The number of halogens is 1. The van der Waals surface area contributed by atoms with Crippen molar-refractivity contribution >= 4 is 5.69 Å². The molecule has 3 nitrogen and oxygen atoms in total. The summed E-state index contributed by atoms with van der Waals surface area (Å²) in [6.07, 6.45) is 4.28. The van der Waals surface area contributed by atoms with Gasteiger partial charge in [-0.1, -0.05) is 43.2 Å². The Balaban J connectivity index is 1.79. The highest BCUT2D eigenvalue weighted by Gasteiger charge is 2.47. The second-order valence-electron chi connectivity index (χ2n) is 7.76. The van der Waals surface area contributed by atoms with Gasteiger partial charge in [0.2, 0.25) is 0 Å². The molecule has 0 radical (unpaired) electrons. The molecular weight excluding hydrogens is 327 g/mol. The van der Waals surface area contributed by atoms with Crippen LogP contribution in [-0.4, -0.2) is 31.3 Å². The van der Waals surface area contributed by atoms with E-state index in [0.717, 1.165) is 12.1 Å². The monoisotopic (exact) mass is 354 g/mol. The van der Waals surface area contributed by atoms with Crippen molar-refractivity contribution in [2.75, 3.05) is 25.0 Å². The zero-order valence-electron chi connectivity index (χ0n) is 15.3. The molecule has 2 aromatic carbocycles. The topological polar surface area (TPSA) is 35.5 Å². The number of likely N-dealkylation sites (N-methyl/N-ethyl adjacent to an activating group) is 1. The van der Waals surface area contributed by atoms with E-state index in [-0.39, 0.29) is 17.3 Å². The van der Waals surface area contributed by atoms with E-state index in [9.17, 15) is 9.50 Å². The number of aliphatic hydroxyl groups is 1. The SMILES string of the molecule is CNC[C@@H](O)[C@H](c1cccc(F)c1)N1CC2(CCCC2)c2ccccc21. The lowest BCUT2D eigenvalue weighted by molar-refractivity contribution is 0.139. The molecule has 1 spiro atoms. The zero-order valence-corrected chi connectivity index (χ0v) is 15.3. The molecule has 26 heavy (non-hydrogen) atoms. The fraction of sp³-hybridized carbons (Fsp3) is 0.455. The quantitative estimate of drug-likeness (QED) is 0.858. The highest BCUT2D eigenvalue weighted by molar-refractivity contribution is 5.64. The Kier molecular flexibility index (Phi) is 4.72. The summed E-state index contributed by atoms with van der Waals surface area (Å²) in [4.78, 5) is 2.32. The van der Waals surface area contributed by atoms with Crippen molar-refractivity contribution in [1.29, 1.82) is 0 Å². The molecule has 0 amide bonds. The summed E-state index contributed by atoms with van der Waals surface area (Å²) in [7, 11) is 1.84. The summed E-state index contributed by atoms with van der Waals surface area (Å²) in [6.45, 7) is 1.36. The Morgan fingerprint density at radius 2 is 1.92 bits per heavy atom. The van der Waals surface area contributed by atoms with Crippen molar-refractivity contribution < 1.29 is 9.50 Å². The third-order valence-electron chi connectivity index (χ3n) is 6.12. The molecule has 1 fully saturated rings. The number of nitrogens with zero attached hydrogens (tertiary/aromatic N) is 1. The van der Waals surface area contributed by atoms with Crippen LogP contribution in [0.25, 0.3) is 0 Å². The fourth-order valence-corrected chi connectivity index (χ4v) is 5.02. The molecule has 0 unspecified atom stereocenters. The molecule has 2 atom stereocenters. The van der Waals surface area contributed by atoms with Crippen LogP contribution in [0.15, 0.2) is 48.5 Å². The predicted molar refractivity (Wildman–Crippen MR) is 103 cm³/mol. The zero-order chi connectivity index (χ0) is 18.1. The normalized spacial score (nSPS) is 20.3. The minimum absolute atomic E-state index is 0.182. The molecule has 1 aliphatic carbocycles. The fourth-order valence-electron chi connectivity index (χ4n) is 5.02. The van der Waals surface area contributed by atoms with Crippen LogP contribution in [0.2, 0.25) is 0 Å². The van der Waals surface area contributed by atoms with Crippen LogP contribution < -0.4 is 10.2 Å². The Labute approximate surface area is 154 Å². The van der Waals surface area contributed by atoms with Gasteiger partial charge in [0.25, 0.3) is 0 Å². The molecule has 0 saturated heterocycles. The molecule has 0 bridgehead atoms. The second-order valence-corrected chi connectivity index (χ2v) is 7.76. The van der Waals surface area contributed by atoms with E-state index >= 15 is 0 Å². The van der Waals surface area contributed by atoms with Crippen LogP contribution >= 0.6 is 0 Å². The number of anilines is 1. The summed E-state index contributed by atoms with van der Waals surface area (Å²) >= 11 is 0. The molecule has 1 heterocycles. The molecule has 4 rings (SSSR count). The summed E-state index contributed by atoms with van der Waals surface area (Å²) in [5.74, 6) is -0.257. The van der Waals surface area contributed by atoms with Crippen molar-refractivity contribution in [2.45, 2.75) is 43.2 Å². The highest BCUT2D eigenvalue weighted by atomic mass is 19.1. The first-order chi connectivity index (χ1) is 12.6. The average molecular weight is 354 g/mol.